The number of halogens is 6. The number of ether oxygens (including phenoxy) is 1. The number of alkyl halides is 6. The molecule has 2 unspecified atom stereocenters. The van der Waals surface area contributed by atoms with E-state index in [4.69, 9.17) is 15.6 Å². The predicted octanol–water partition coefficient (Wildman–Crippen LogP) is 3.73. The zero-order valence-electron chi connectivity index (χ0n) is 18.3. The van der Waals surface area contributed by atoms with Crippen molar-refractivity contribution in [2.24, 2.45) is 17.1 Å². The van der Waals surface area contributed by atoms with Crippen molar-refractivity contribution in [1.82, 2.24) is 5.32 Å². The Bertz CT molecular complexity index is 983. The summed E-state index contributed by atoms with van der Waals surface area (Å²) in [4.78, 5) is 25.3. The van der Waals surface area contributed by atoms with Gasteiger partial charge in [-0.25, -0.2) is 0 Å². The van der Waals surface area contributed by atoms with Crippen molar-refractivity contribution in [2.45, 2.75) is 25.2 Å². The molecule has 192 valence electrons. The highest BCUT2D eigenvalue weighted by Crippen LogP contribution is 2.38. The summed E-state index contributed by atoms with van der Waals surface area (Å²) in [6.07, 6.45) is -3.82. The maximum Gasteiger partial charge on any atom is 0.416 e. The maximum atomic E-state index is 12.8. The summed E-state index contributed by atoms with van der Waals surface area (Å²) >= 11 is 0. The van der Waals surface area contributed by atoms with E-state index in [-0.39, 0.29) is 25.3 Å². The van der Waals surface area contributed by atoms with Gasteiger partial charge < -0.3 is 20.9 Å². The molecule has 12 heteroatoms. The smallest absolute Gasteiger partial charge is 0.416 e. The van der Waals surface area contributed by atoms with Crippen LogP contribution in [0.4, 0.5) is 26.3 Å². The van der Waals surface area contributed by atoms with E-state index in [9.17, 15) is 35.9 Å². The van der Waals surface area contributed by atoms with Crippen molar-refractivity contribution in [3.63, 3.8) is 0 Å². The van der Waals surface area contributed by atoms with Crippen LogP contribution in [0.2, 0.25) is 0 Å². The molecule has 0 aromatic heterocycles. The number of primary amides is 1. The normalized spacial score (nSPS) is 20.5. The zero-order valence-corrected chi connectivity index (χ0v) is 18.3. The highest BCUT2D eigenvalue weighted by Gasteiger charge is 2.49. The van der Waals surface area contributed by atoms with Crippen LogP contribution in [0.25, 0.3) is 6.08 Å². The second-order valence-electron chi connectivity index (χ2n) is 7.69. The quantitative estimate of drug-likeness (QED) is 0.256. The van der Waals surface area contributed by atoms with Gasteiger partial charge >= 0.3 is 12.4 Å². The van der Waals surface area contributed by atoms with Crippen molar-refractivity contribution in [3.05, 3.63) is 65.5 Å². The summed E-state index contributed by atoms with van der Waals surface area (Å²) in [6, 6.07) is 4.10. The highest BCUT2D eigenvalue weighted by molar-refractivity contribution is 6.07. The van der Waals surface area contributed by atoms with Crippen LogP contribution in [0.5, 0.6) is 0 Å². The van der Waals surface area contributed by atoms with Crippen LogP contribution in [0.1, 0.15) is 24.0 Å². The average molecular weight is 506 g/mol. The molecule has 0 spiro atoms. The number of aliphatic hydroxyl groups excluding tert-OH is 1. The number of nitrogens with one attached hydrogen (secondary N) is 1. The van der Waals surface area contributed by atoms with Gasteiger partial charge in [-0.3, -0.25) is 9.59 Å². The number of allylic oxidation sites excluding steroid dienone is 3. The Morgan fingerprint density at radius 1 is 1.14 bits per heavy atom. The number of aliphatic hydroxyl groups is 1. The summed E-state index contributed by atoms with van der Waals surface area (Å²) in [5.74, 6) is -2.91. The van der Waals surface area contributed by atoms with Crippen LogP contribution in [0.15, 0.2) is 54.3 Å². The van der Waals surface area contributed by atoms with Gasteiger partial charge in [0.15, 0.2) is 5.41 Å². The third-order valence-electron chi connectivity index (χ3n) is 5.17. The Morgan fingerprint density at radius 3 is 2.34 bits per heavy atom. The van der Waals surface area contributed by atoms with E-state index in [2.05, 4.69) is 5.32 Å². The molecule has 4 N–H and O–H groups in total. The number of hydrogen-bond donors (Lipinski definition) is 3. The van der Waals surface area contributed by atoms with Gasteiger partial charge in [0.25, 0.3) is 0 Å². The lowest BCUT2D eigenvalue weighted by Crippen LogP contribution is -2.53. The molecule has 1 aliphatic rings. The Morgan fingerprint density at radius 2 is 1.80 bits per heavy atom. The summed E-state index contributed by atoms with van der Waals surface area (Å²) in [7, 11) is 0. The summed E-state index contributed by atoms with van der Waals surface area (Å²) in [5.41, 5.74) is 3.03. The van der Waals surface area contributed by atoms with Crippen LogP contribution in [-0.4, -0.2) is 42.9 Å². The Balaban J connectivity index is 2.34. The van der Waals surface area contributed by atoms with Gasteiger partial charge in [0.1, 0.15) is 5.76 Å². The van der Waals surface area contributed by atoms with E-state index in [0.29, 0.717) is 5.56 Å². The molecule has 0 saturated carbocycles. The van der Waals surface area contributed by atoms with E-state index >= 15 is 0 Å². The predicted molar refractivity (Wildman–Crippen MR) is 114 cm³/mol. The highest BCUT2D eigenvalue weighted by atomic mass is 19.4. The first kappa shape index (κ1) is 28.0. The molecule has 2 amide bonds. The fourth-order valence-corrected chi connectivity index (χ4v) is 3.35. The van der Waals surface area contributed by atoms with Gasteiger partial charge in [0, 0.05) is 18.9 Å². The molecule has 6 nitrogen and oxygen atoms in total. The number of nitrogens with two attached hydrogens (primary N) is 1. The minimum absolute atomic E-state index is 0.0843. The number of carbonyl (C=O) groups is 2. The van der Waals surface area contributed by atoms with Crippen molar-refractivity contribution >= 4 is 17.9 Å². The van der Waals surface area contributed by atoms with Crippen LogP contribution < -0.4 is 11.1 Å². The maximum absolute atomic E-state index is 12.8. The monoisotopic (exact) mass is 506 g/mol. The van der Waals surface area contributed by atoms with Crippen LogP contribution in [0.3, 0.4) is 0 Å². The summed E-state index contributed by atoms with van der Waals surface area (Å²) in [5, 5.41) is 11.4. The molecular formula is C23H24F6N2O4. The lowest BCUT2D eigenvalue weighted by Gasteiger charge is -2.33. The fourth-order valence-electron chi connectivity index (χ4n) is 3.35. The van der Waals surface area contributed by atoms with Crippen LogP contribution in [0, 0.1) is 11.3 Å². The molecule has 2 rings (SSSR count). The van der Waals surface area contributed by atoms with Gasteiger partial charge in [-0.15, -0.1) is 0 Å². The van der Waals surface area contributed by atoms with E-state index in [1.54, 1.807) is 0 Å². The third-order valence-corrected chi connectivity index (χ3v) is 5.17. The minimum atomic E-state index is -4.52. The van der Waals surface area contributed by atoms with Crippen LogP contribution >= 0.6 is 0 Å². The lowest BCUT2D eigenvalue weighted by atomic mass is 9.70. The number of benzene rings is 1. The Kier molecular flexibility index (Phi) is 9.13. The van der Waals surface area contributed by atoms with Crippen molar-refractivity contribution in [1.29, 1.82) is 0 Å². The number of rotatable bonds is 10. The second kappa shape index (κ2) is 11.4. The molecule has 0 fully saturated rings. The summed E-state index contributed by atoms with van der Waals surface area (Å²) < 4.78 is 80.8. The first-order valence-corrected chi connectivity index (χ1v) is 10.4. The van der Waals surface area contributed by atoms with E-state index in [0.717, 1.165) is 18.2 Å². The topological polar surface area (TPSA) is 102 Å². The SMILES string of the molecule is NC(=O)C1(C(=O)NCCO)C=CC(OCCCC(F)(F)F)=CC1C=Cc1ccc(C(F)(F)F)cc1. The first-order valence-electron chi connectivity index (χ1n) is 10.4. The largest absolute Gasteiger partial charge is 0.494 e. The number of hydrogen-bond acceptors (Lipinski definition) is 4. The molecular weight excluding hydrogens is 482 g/mol. The zero-order chi connectivity index (χ0) is 26.3. The molecule has 0 heterocycles. The fraction of sp³-hybridized carbons (Fsp3) is 0.391. The first-order chi connectivity index (χ1) is 16.3. The Hall–Kier alpha value is -3.28. The molecule has 1 aromatic carbocycles. The number of carbonyl (C=O) groups excluding carboxylic acids is 2. The molecule has 1 aliphatic carbocycles. The van der Waals surface area contributed by atoms with E-state index in [1.165, 1.54) is 36.4 Å². The molecule has 0 saturated heterocycles. The Labute approximate surface area is 197 Å². The molecule has 0 aliphatic heterocycles. The lowest BCUT2D eigenvalue weighted by molar-refractivity contribution is -0.141. The summed E-state index contributed by atoms with van der Waals surface area (Å²) in [6.45, 7) is -0.882. The second-order valence-corrected chi connectivity index (χ2v) is 7.69. The molecule has 0 radical (unpaired) electrons. The molecule has 2 atom stereocenters. The van der Waals surface area contributed by atoms with Crippen molar-refractivity contribution < 1.29 is 45.8 Å². The average Bonchev–Trinajstić information content (AvgIpc) is 2.77. The van der Waals surface area contributed by atoms with Gasteiger partial charge in [-0.2, -0.15) is 26.3 Å². The molecule has 0 bridgehead atoms. The van der Waals surface area contributed by atoms with Crippen LogP contribution in [-0.2, 0) is 20.5 Å². The van der Waals surface area contributed by atoms with Crippen molar-refractivity contribution in [2.75, 3.05) is 19.8 Å². The minimum Gasteiger partial charge on any atom is -0.494 e. The molecule has 35 heavy (non-hydrogen) atoms. The van der Waals surface area contributed by atoms with Gasteiger partial charge in [0.05, 0.1) is 18.8 Å². The van der Waals surface area contributed by atoms with E-state index in [1.807, 2.05) is 0 Å². The third kappa shape index (κ3) is 7.61. The van der Waals surface area contributed by atoms with E-state index < -0.39 is 54.1 Å². The standard InChI is InChI=1S/C23H24F6N2O4/c24-22(25,26)9-1-13-35-18-8-10-21(19(30)33,20(34)31-11-12-32)17(14-18)7-4-15-2-5-16(6-3-15)23(27,28)29/h2-8,10,14,17,32H,1,9,11-13H2,(H2,30,33)(H,31,34). The van der Waals surface area contributed by atoms with Gasteiger partial charge in [-0.1, -0.05) is 30.4 Å². The van der Waals surface area contributed by atoms with Gasteiger partial charge in [-0.05, 0) is 36.3 Å². The van der Waals surface area contributed by atoms with Crippen molar-refractivity contribution in [3.8, 4) is 0 Å². The van der Waals surface area contributed by atoms with Gasteiger partial charge in [0.2, 0.25) is 11.8 Å². The molecule has 1 aromatic rings. The number of amides is 2.